The summed E-state index contributed by atoms with van der Waals surface area (Å²) in [5.74, 6) is -1.68. The quantitative estimate of drug-likeness (QED) is 0.352. The number of nitrogens with zero attached hydrogens (tertiary/aromatic N) is 1. The van der Waals surface area contributed by atoms with Crippen molar-refractivity contribution in [2.45, 2.75) is 16.2 Å². The maximum atomic E-state index is 13.7. The third-order valence-electron chi connectivity index (χ3n) is 6.48. The van der Waals surface area contributed by atoms with E-state index in [1.807, 2.05) is 30.3 Å². The summed E-state index contributed by atoms with van der Waals surface area (Å²) in [6.45, 7) is -0.202. The molecule has 38 heavy (non-hydrogen) atoms. The highest BCUT2D eigenvalue weighted by Gasteiger charge is 2.56. The molecule has 2 unspecified atom stereocenters. The molecule has 1 saturated heterocycles. The monoisotopic (exact) mass is 543 g/mol. The molecule has 0 radical (unpaired) electrons. The Balaban J connectivity index is 1.30. The molecular weight excluding hydrogens is 522 g/mol. The van der Waals surface area contributed by atoms with Gasteiger partial charge in [-0.2, -0.15) is 0 Å². The summed E-state index contributed by atoms with van der Waals surface area (Å²) in [4.78, 5) is 56.4. The first-order chi connectivity index (χ1) is 18.5. The van der Waals surface area contributed by atoms with Crippen LogP contribution in [-0.2, 0) is 14.4 Å². The second-order valence-electron chi connectivity index (χ2n) is 8.87. The number of thiazole rings is 1. The lowest BCUT2D eigenvalue weighted by atomic mass is 9.83. The highest BCUT2D eigenvalue weighted by Crippen LogP contribution is 2.53. The van der Waals surface area contributed by atoms with Gasteiger partial charge in [0.1, 0.15) is 11.0 Å². The van der Waals surface area contributed by atoms with Crippen LogP contribution in [0.1, 0.15) is 16.4 Å². The van der Waals surface area contributed by atoms with Gasteiger partial charge >= 0.3 is 4.87 Å². The fourth-order valence-corrected chi connectivity index (χ4v) is 7.39. The van der Waals surface area contributed by atoms with Crippen molar-refractivity contribution in [3.05, 3.63) is 105 Å². The first-order valence-corrected chi connectivity index (χ1v) is 13.6. The number of nitrogens with one attached hydrogen (secondary N) is 2. The Morgan fingerprint density at radius 2 is 1.66 bits per heavy atom. The van der Waals surface area contributed by atoms with Gasteiger partial charge in [0.15, 0.2) is 6.61 Å². The van der Waals surface area contributed by atoms with E-state index in [0.717, 1.165) is 21.8 Å². The van der Waals surface area contributed by atoms with Crippen molar-refractivity contribution >= 4 is 52.2 Å². The van der Waals surface area contributed by atoms with E-state index in [0.29, 0.717) is 22.2 Å². The van der Waals surface area contributed by atoms with Crippen LogP contribution in [0.25, 0.3) is 0 Å². The third kappa shape index (κ3) is 4.42. The molecule has 6 rings (SSSR count). The van der Waals surface area contributed by atoms with Crippen LogP contribution >= 0.6 is 23.1 Å². The predicted molar refractivity (Wildman–Crippen MR) is 146 cm³/mol. The number of anilines is 2. The van der Waals surface area contributed by atoms with Gasteiger partial charge < -0.3 is 15.0 Å². The molecule has 0 saturated carbocycles. The van der Waals surface area contributed by atoms with Crippen molar-refractivity contribution in [1.29, 1.82) is 0 Å². The van der Waals surface area contributed by atoms with Gasteiger partial charge in [-0.25, -0.2) is 4.90 Å². The molecule has 3 atom stereocenters. The Bertz CT molecular complexity index is 1580. The number of rotatable bonds is 6. The van der Waals surface area contributed by atoms with Gasteiger partial charge in [0.2, 0.25) is 11.8 Å². The lowest BCUT2D eigenvalue weighted by Crippen LogP contribution is -2.32. The lowest BCUT2D eigenvalue weighted by molar-refractivity contribution is -0.122. The number of carbonyl (C=O) groups excluding carboxylic acids is 3. The molecular formula is C28H21N3O5S2. The van der Waals surface area contributed by atoms with Crippen molar-refractivity contribution in [3.63, 3.8) is 0 Å². The van der Waals surface area contributed by atoms with E-state index in [-0.39, 0.29) is 29.2 Å². The van der Waals surface area contributed by atoms with Gasteiger partial charge in [-0.3, -0.25) is 19.2 Å². The van der Waals surface area contributed by atoms with E-state index in [1.54, 1.807) is 54.6 Å². The van der Waals surface area contributed by atoms with E-state index < -0.39 is 17.1 Å². The molecule has 3 aromatic carbocycles. The summed E-state index contributed by atoms with van der Waals surface area (Å²) >= 11 is 2.28. The Labute approximate surface area is 225 Å². The fraction of sp³-hybridized carbons (Fsp3) is 0.143. The van der Waals surface area contributed by atoms with E-state index in [1.165, 1.54) is 16.7 Å². The van der Waals surface area contributed by atoms with Gasteiger partial charge in [-0.05, 0) is 42.0 Å². The van der Waals surface area contributed by atoms with Crippen molar-refractivity contribution in [1.82, 2.24) is 4.98 Å². The molecule has 0 bridgehead atoms. The third-order valence-corrected chi connectivity index (χ3v) is 8.88. The van der Waals surface area contributed by atoms with Gasteiger partial charge in [0.05, 0.1) is 16.6 Å². The zero-order chi connectivity index (χ0) is 26.2. The number of benzene rings is 3. The zero-order valence-corrected chi connectivity index (χ0v) is 21.5. The van der Waals surface area contributed by atoms with Crippen molar-refractivity contribution in [2.75, 3.05) is 16.8 Å². The Hall–Kier alpha value is -4.15. The van der Waals surface area contributed by atoms with Gasteiger partial charge in [0.25, 0.3) is 5.91 Å². The predicted octanol–water partition coefficient (Wildman–Crippen LogP) is 4.25. The summed E-state index contributed by atoms with van der Waals surface area (Å²) < 4.78 is 5.77. The minimum absolute atomic E-state index is 0.202. The number of hydrogen-bond donors (Lipinski definition) is 2. The van der Waals surface area contributed by atoms with Crippen LogP contribution < -0.4 is 19.8 Å². The molecule has 3 heterocycles. The molecule has 2 aliphatic rings. The Kier molecular flexibility index (Phi) is 6.34. The van der Waals surface area contributed by atoms with Crippen LogP contribution in [0.2, 0.25) is 0 Å². The van der Waals surface area contributed by atoms with Gasteiger partial charge in [0, 0.05) is 16.5 Å². The second-order valence-corrected chi connectivity index (χ2v) is 11.0. The number of ether oxygens (including phenoxy) is 1. The van der Waals surface area contributed by atoms with Crippen LogP contribution in [-0.4, -0.2) is 34.6 Å². The number of hydrogen-bond acceptors (Lipinski definition) is 7. The van der Waals surface area contributed by atoms with Crippen LogP contribution in [0, 0.1) is 5.92 Å². The number of amides is 3. The number of aromatic amines is 1. The Morgan fingerprint density at radius 3 is 2.42 bits per heavy atom. The number of carbonyl (C=O) groups is 3. The number of thioether (sulfide) groups is 1. The highest BCUT2D eigenvalue weighted by atomic mass is 32.2. The summed E-state index contributed by atoms with van der Waals surface area (Å²) in [5.41, 5.74) is 1.92. The molecule has 190 valence electrons. The minimum atomic E-state index is -0.691. The highest BCUT2D eigenvalue weighted by molar-refractivity contribution is 8.00. The standard InChI is InChI=1S/C28H21N3O5S2/c32-20(29-17-9-3-1-4-10-17)15-36-19-13-7-8-16(14-19)21-22-24(37-25-23(21)38-28(35)30-25)27(34)31(26(22)33)18-11-5-2-6-12-18/h1-14,21-22,24H,15H2,(H,29,32)(H,30,35)/t21-,22?,24?/m1/s1. The lowest BCUT2D eigenvalue weighted by Gasteiger charge is -2.30. The molecule has 8 nitrogen and oxygen atoms in total. The summed E-state index contributed by atoms with van der Waals surface area (Å²) in [7, 11) is 0. The summed E-state index contributed by atoms with van der Waals surface area (Å²) in [6, 6.07) is 25.1. The van der Waals surface area contributed by atoms with Gasteiger partial charge in [-0.1, -0.05) is 71.6 Å². The molecule has 1 fully saturated rings. The van der Waals surface area contributed by atoms with Crippen molar-refractivity contribution in [2.24, 2.45) is 5.92 Å². The largest absolute Gasteiger partial charge is 0.484 e. The maximum absolute atomic E-state index is 13.7. The van der Waals surface area contributed by atoms with Crippen LogP contribution in [0.15, 0.2) is 94.7 Å². The fourth-order valence-electron chi connectivity index (χ4n) is 4.87. The zero-order valence-electron chi connectivity index (χ0n) is 19.8. The smallest absolute Gasteiger partial charge is 0.305 e. The van der Waals surface area contributed by atoms with E-state index in [4.69, 9.17) is 4.74 Å². The van der Waals surface area contributed by atoms with Crippen molar-refractivity contribution in [3.8, 4) is 5.75 Å². The van der Waals surface area contributed by atoms with Crippen molar-refractivity contribution < 1.29 is 19.1 Å². The number of aromatic nitrogens is 1. The first kappa shape index (κ1) is 24.2. The molecule has 2 aliphatic heterocycles. The molecule has 0 aliphatic carbocycles. The molecule has 4 aromatic rings. The van der Waals surface area contributed by atoms with Crippen LogP contribution in [0.4, 0.5) is 11.4 Å². The Morgan fingerprint density at radius 1 is 0.921 bits per heavy atom. The normalized spacial score (nSPS) is 20.1. The number of H-pyrrole nitrogens is 1. The average Bonchev–Trinajstić information content (AvgIpc) is 3.42. The number of para-hydroxylation sites is 2. The SMILES string of the molecule is O=C(COc1cccc([C@H]2c3sc(=O)[nH]c3SC3C(=O)N(c4ccccc4)C(=O)C32)c1)Nc1ccccc1. The number of fused-ring (bicyclic) bond motifs is 2. The summed E-state index contributed by atoms with van der Waals surface area (Å²) in [6.07, 6.45) is 0. The molecule has 0 spiro atoms. The summed E-state index contributed by atoms with van der Waals surface area (Å²) in [5, 5.41) is 2.71. The second kappa shape index (κ2) is 9.96. The molecule has 3 amide bonds. The van der Waals surface area contributed by atoms with Gasteiger partial charge in [-0.15, -0.1) is 0 Å². The molecule has 1 aromatic heterocycles. The maximum Gasteiger partial charge on any atom is 0.305 e. The first-order valence-electron chi connectivity index (χ1n) is 11.9. The number of imide groups is 1. The topological polar surface area (TPSA) is 109 Å². The van der Waals surface area contributed by atoms with Crippen LogP contribution in [0.5, 0.6) is 5.75 Å². The van der Waals surface area contributed by atoms with Crippen LogP contribution in [0.3, 0.4) is 0 Å². The van der Waals surface area contributed by atoms with E-state index in [2.05, 4.69) is 10.3 Å². The molecule has 10 heteroatoms. The average molecular weight is 544 g/mol. The molecule has 2 N–H and O–H groups in total. The minimum Gasteiger partial charge on any atom is -0.484 e. The van der Waals surface area contributed by atoms with E-state index >= 15 is 0 Å². The van der Waals surface area contributed by atoms with E-state index in [9.17, 15) is 19.2 Å².